The van der Waals surface area contributed by atoms with Gasteiger partial charge in [-0.3, -0.25) is 9.59 Å². The van der Waals surface area contributed by atoms with E-state index in [9.17, 15) is 14.7 Å². The number of nitrogens with zero attached hydrogens (tertiary/aromatic N) is 1. The van der Waals surface area contributed by atoms with Gasteiger partial charge >= 0.3 is 0 Å². The van der Waals surface area contributed by atoms with Gasteiger partial charge in [0.15, 0.2) is 5.69 Å². The third-order valence-corrected chi connectivity index (χ3v) is 3.78. The summed E-state index contributed by atoms with van der Waals surface area (Å²) in [7, 11) is 0. The van der Waals surface area contributed by atoms with Gasteiger partial charge in [-0.1, -0.05) is 41.1 Å². The van der Waals surface area contributed by atoms with Crippen molar-refractivity contribution in [3.05, 3.63) is 56.2 Å². The fourth-order valence-electron chi connectivity index (χ4n) is 1.90. The number of aromatic hydroxyl groups is 1. The van der Waals surface area contributed by atoms with Gasteiger partial charge in [-0.25, -0.2) is 4.98 Å². The molecule has 0 saturated carbocycles. The van der Waals surface area contributed by atoms with E-state index >= 15 is 0 Å². The highest BCUT2D eigenvalue weighted by Gasteiger charge is 2.17. The molecular weight excluding hydrogens is 350 g/mol. The fourth-order valence-corrected chi connectivity index (χ4v) is 2.33. The number of amides is 1. The molecule has 1 amide bonds. The first-order valence-corrected chi connectivity index (χ1v) is 7.66. The van der Waals surface area contributed by atoms with Crippen LogP contribution < -0.4 is 10.9 Å². The lowest BCUT2D eigenvalue weighted by Crippen LogP contribution is -2.28. The quantitative estimate of drug-likeness (QED) is 0.754. The molecule has 3 N–H and O–H groups in total. The Balaban J connectivity index is 2.34. The van der Waals surface area contributed by atoms with Crippen LogP contribution in [0.5, 0.6) is 5.75 Å². The monoisotopic (exact) mass is 365 g/mol. The Labute approximate surface area is 135 Å². The van der Waals surface area contributed by atoms with Crippen molar-refractivity contribution in [1.82, 2.24) is 15.3 Å². The van der Waals surface area contributed by atoms with Crippen molar-refractivity contribution in [2.24, 2.45) is 0 Å². The molecule has 0 aliphatic heterocycles. The Hall–Kier alpha value is -2.15. The SMILES string of the molecule is CCCNC(=O)c1nc(Cc2ccccc2Br)[nH]c(=O)c1O. The third-order valence-electron chi connectivity index (χ3n) is 3.01. The maximum Gasteiger partial charge on any atom is 0.293 e. The van der Waals surface area contributed by atoms with Crippen molar-refractivity contribution in [3.8, 4) is 5.75 Å². The summed E-state index contributed by atoms with van der Waals surface area (Å²) in [5.41, 5.74) is -0.0609. The fraction of sp³-hybridized carbons (Fsp3) is 0.267. The van der Waals surface area contributed by atoms with E-state index in [0.29, 0.717) is 18.8 Å². The minimum Gasteiger partial charge on any atom is -0.501 e. The molecule has 0 radical (unpaired) electrons. The number of benzene rings is 1. The molecule has 1 aromatic heterocycles. The molecular formula is C15H16BrN3O3. The number of hydrogen-bond donors (Lipinski definition) is 3. The van der Waals surface area contributed by atoms with Crippen LogP contribution in [-0.2, 0) is 6.42 Å². The van der Waals surface area contributed by atoms with Gasteiger partial charge in [0.25, 0.3) is 11.5 Å². The van der Waals surface area contributed by atoms with Gasteiger partial charge < -0.3 is 15.4 Å². The summed E-state index contributed by atoms with van der Waals surface area (Å²) >= 11 is 3.42. The Morgan fingerprint density at radius 1 is 1.41 bits per heavy atom. The summed E-state index contributed by atoms with van der Waals surface area (Å²) in [5, 5.41) is 12.3. The number of hydrogen-bond acceptors (Lipinski definition) is 4. The Kier molecular flexibility index (Phi) is 5.32. The zero-order valence-electron chi connectivity index (χ0n) is 12.0. The molecule has 2 aromatic rings. The second-order valence-electron chi connectivity index (χ2n) is 4.73. The molecule has 0 atom stereocenters. The van der Waals surface area contributed by atoms with Crippen LogP contribution >= 0.6 is 15.9 Å². The van der Waals surface area contributed by atoms with E-state index in [-0.39, 0.29) is 5.69 Å². The molecule has 6 nitrogen and oxygen atoms in total. The molecule has 0 aliphatic rings. The number of aromatic nitrogens is 2. The van der Waals surface area contributed by atoms with Crippen LogP contribution in [-0.4, -0.2) is 27.5 Å². The molecule has 0 spiro atoms. The number of halogens is 1. The lowest BCUT2D eigenvalue weighted by atomic mass is 10.1. The zero-order valence-corrected chi connectivity index (χ0v) is 13.6. The topological polar surface area (TPSA) is 95.1 Å². The lowest BCUT2D eigenvalue weighted by molar-refractivity contribution is 0.0945. The molecule has 1 aromatic carbocycles. The molecule has 0 saturated heterocycles. The third kappa shape index (κ3) is 3.73. The van der Waals surface area contributed by atoms with Gasteiger partial charge in [0.05, 0.1) is 0 Å². The van der Waals surface area contributed by atoms with Crippen LogP contribution in [0.4, 0.5) is 0 Å². The predicted octanol–water partition coefficient (Wildman–Crippen LogP) is 1.97. The van der Waals surface area contributed by atoms with Crippen molar-refractivity contribution < 1.29 is 9.90 Å². The van der Waals surface area contributed by atoms with E-state index in [4.69, 9.17) is 0 Å². The summed E-state index contributed by atoms with van der Waals surface area (Å²) in [5.74, 6) is -0.903. The van der Waals surface area contributed by atoms with Gasteiger partial charge in [0.2, 0.25) is 5.75 Å². The second-order valence-corrected chi connectivity index (χ2v) is 5.59. The summed E-state index contributed by atoms with van der Waals surface area (Å²) in [4.78, 5) is 30.3. The van der Waals surface area contributed by atoms with Crippen molar-refractivity contribution in [3.63, 3.8) is 0 Å². The standard InChI is InChI=1S/C15H16BrN3O3/c1-2-7-17-14(21)12-13(20)15(22)19-11(18-12)8-9-5-3-4-6-10(9)16/h3-6,20H,2,7-8H2,1H3,(H,17,21)(H,18,19,22). The largest absolute Gasteiger partial charge is 0.501 e. The zero-order chi connectivity index (χ0) is 16.1. The summed E-state index contributed by atoms with van der Waals surface area (Å²) in [6, 6.07) is 7.51. The number of H-pyrrole nitrogens is 1. The molecule has 0 bridgehead atoms. The van der Waals surface area contributed by atoms with E-state index in [1.165, 1.54) is 0 Å². The van der Waals surface area contributed by atoms with Crippen LogP contribution in [0.2, 0.25) is 0 Å². The van der Waals surface area contributed by atoms with Gasteiger partial charge in [-0.05, 0) is 18.1 Å². The van der Waals surface area contributed by atoms with Crippen molar-refractivity contribution >= 4 is 21.8 Å². The average molecular weight is 366 g/mol. The van der Waals surface area contributed by atoms with E-state index in [0.717, 1.165) is 16.5 Å². The lowest BCUT2D eigenvalue weighted by Gasteiger charge is -2.08. The maximum atomic E-state index is 12.0. The Morgan fingerprint density at radius 2 is 2.14 bits per heavy atom. The van der Waals surface area contributed by atoms with Crippen LogP contribution in [0.25, 0.3) is 0 Å². The molecule has 7 heteroatoms. The molecule has 0 fully saturated rings. The van der Waals surface area contributed by atoms with Crippen molar-refractivity contribution in [2.45, 2.75) is 19.8 Å². The number of carbonyl (C=O) groups excluding carboxylic acids is 1. The Morgan fingerprint density at radius 3 is 2.82 bits per heavy atom. The molecule has 1 heterocycles. The molecule has 0 unspecified atom stereocenters. The molecule has 2 rings (SSSR count). The van der Waals surface area contributed by atoms with E-state index in [1.54, 1.807) is 0 Å². The first-order valence-electron chi connectivity index (χ1n) is 6.86. The van der Waals surface area contributed by atoms with Crippen LogP contribution in [0.3, 0.4) is 0 Å². The van der Waals surface area contributed by atoms with Gasteiger partial charge in [-0.15, -0.1) is 0 Å². The van der Waals surface area contributed by atoms with E-state index < -0.39 is 17.2 Å². The second kappa shape index (κ2) is 7.22. The molecule has 22 heavy (non-hydrogen) atoms. The highest BCUT2D eigenvalue weighted by Crippen LogP contribution is 2.18. The van der Waals surface area contributed by atoms with Crippen LogP contribution in [0.15, 0.2) is 33.5 Å². The van der Waals surface area contributed by atoms with Gasteiger partial charge in [0.1, 0.15) is 5.82 Å². The van der Waals surface area contributed by atoms with Crippen LogP contribution in [0.1, 0.15) is 35.2 Å². The summed E-state index contributed by atoms with van der Waals surface area (Å²) in [6.07, 6.45) is 1.09. The minimum absolute atomic E-state index is 0.251. The summed E-state index contributed by atoms with van der Waals surface area (Å²) in [6.45, 7) is 2.36. The van der Waals surface area contributed by atoms with Gasteiger partial charge in [0, 0.05) is 17.4 Å². The highest BCUT2D eigenvalue weighted by atomic mass is 79.9. The highest BCUT2D eigenvalue weighted by molar-refractivity contribution is 9.10. The number of rotatable bonds is 5. The van der Waals surface area contributed by atoms with Crippen molar-refractivity contribution in [1.29, 1.82) is 0 Å². The van der Waals surface area contributed by atoms with E-state index in [2.05, 4.69) is 31.2 Å². The first-order chi connectivity index (χ1) is 10.5. The predicted molar refractivity (Wildman–Crippen MR) is 86.1 cm³/mol. The number of carbonyl (C=O) groups is 1. The first kappa shape index (κ1) is 16.2. The Bertz CT molecular complexity index is 743. The smallest absolute Gasteiger partial charge is 0.293 e. The summed E-state index contributed by atoms with van der Waals surface area (Å²) < 4.78 is 0.878. The number of nitrogens with one attached hydrogen (secondary N) is 2. The maximum absolute atomic E-state index is 12.0. The van der Waals surface area contributed by atoms with E-state index in [1.807, 2.05) is 31.2 Å². The molecule has 116 valence electrons. The van der Waals surface area contributed by atoms with Gasteiger partial charge in [-0.2, -0.15) is 0 Å². The van der Waals surface area contributed by atoms with Crippen molar-refractivity contribution in [2.75, 3.05) is 6.54 Å². The molecule has 0 aliphatic carbocycles. The van der Waals surface area contributed by atoms with Crippen LogP contribution in [0, 0.1) is 0 Å². The number of aromatic amines is 1. The normalized spacial score (nSPS) is 10.5. The minimum atomic E-state index is -0.723. The average Bonchev–Trinajstić information content (AvgIpc) is 2.50.